The number of hydrogen-bond donors (Lipinski definition) is 1. The minimum Gasteiger partial charge on any atom is -0.378 e. The molecule has 1 rings (SSSR count). The third kappa shape index (κ3) is 3.96. The lowest BCUT2D eigenvalue weighted by atomic mass is 10.2. The van der Waals surface area contributed by atoms with Crippen LogP contribution in [0.2, 0.25) is 0 Å². The Morgan fingerprint density at radius 3 is 3.08 bits per heavy atom. The number of amides is 1. The molecule has 0 aromatic carbocycles. The monoisotopic (exact) mass is 205 g/mol. The van der Waals surface area contributed by atoms with E-state index in [1.165, 1.54) is 0 Å². The normalized spacial score (nSPS) is 24.3. The van der Waals surface area contributed by atoms with E-state index in [4.69, 9.17) is 16.3 Å². The van der Waals surface area contributed by atoms with E-state index in [-0.39, 0.29) is 5.91 Å². The van der Waals surface area contributed by atoms with E-state index in [9.17, 15) is 4.79 Å². The van der Waals surface area contributed by atoms with Crippen molar-refractivity contribution < 1.29 is 9.53 Å². The van der Waals surface area contributed by atoms with E-state index < -0.39 is 5.38 Å². The number of ether oxygens (including phenoxy) is 1. The van der Waals surface area contributed by atoms with Gasteiger partial charge in [0.1, 0.15) is 5.38 Å². The highest BCUT2D eigenvalue weighted by molar-refractivity contribution is 6.30. The average molecular weight is 206 g/mol. The summed E-state index contributed by atoms with van der Waals surface area (Å²) in [4.78, 5) is 11.0. The minimum atomic E-state index is -0.440. The molecule has 1 amide bonds. The first-order chi connectivity index (χ1) is 6.20. The van der Waals surface area contributed by atoms with Crippen molar-refractivity contribution in [2.24, 2.45) is 0 Å². The van der Waals surface area contributed by atoms with Crippen molar-refractivity contribution >= 4 is 17.5 Å². The van der Waals surface area contributed by atoms with Gasteiger partial charge in [-0.2, -0.15) is 0 Å². The van der Waals surface area contributed by atoms with Gasteiger partial charge < -0.3 is 10.1 Å². The van der Waals surface area contributed by atoms with Gasteiger partial charge in [0.25, 0.3) is 0 Å². The number of hydrogen-bond acceptors (Lipinski definition) is 2. The molecule has 3 nitrogen and oxygen atoms in total. The molecule has 1 heterocycles. The van der Waals surface area contributed by atoms with E-state index in [0.717, 1.165) is 25.9 Å². The molecule has 1 aliphatic heterocycles. The molecule has 0 aliphatic carbocycles. The summed E-state index contributed by atoms with van der Waals surface area (Å²) < 4.78 is 5.41. The number of carbonyl (C=O) groups is 1. The standard InChI is InChI=1S/C9H16ClNO2/c1-7(10)9(12)11-5-4-8-3-2-6-13-8/h7-8H,2-6H2,1H3,(H,11,12). The highest BCUT2D eigenvalue weighted by atomic mass is 35.5. The van der Waals surface area contributed by atoms with Crippen LogP contribution in [-0.4, -0.2) is 30.5 Å². The first kappa shape index (κ1) is 10.8. The molecule has 1 aliphatic rings. The molecule has 76 valence electrons. The number of alkyl halides is 1. The van der Waals surface area contributed by atoms with Crippen LogP contribution in [0.15, 0.2) is 0 Å². The van der Waals surface area contributed by atoms with Crippen LogP contribution in [-0.2, 0) is 9.53 Å². The van der Waals surface area contributed by atoms with Gasteiger partial charge in [-0.15, -0.1) is 11.6 Å². The number of nitrogens with one attached hydrogen (secondary N) is 1. The van der Waals surface area contributed by atoms with Gasteiger partial charge in [0.05, 0.1) is 6.10 Å². The summed E-state index contributed by atoms with van der Waals surface area (Å²) in [6.07, 6.45) is 3.50. The predicted molar refractivity (Wildman–Crippen MR) is 51.9 cm³/mol. The zero-order chi connectivity index (χ0) is 9.68. The summed E-state index contributed by atoms with van der Waals surface area (Å²) >= 11 is 5.58. The number of rotatable bonds is 4. The van der Waals surface area contributed by atoms with Crippen molar-refractivity contribution in [1.29, 1.82) is 0 Å². The molecule has 0 bridgehead atoms. The summed E-state index contributed by atoms with van der Waals surface area (Å²) in [6, 6.07) is 0. The summed E-state index contributed by atoms with van der Waals surface area (Å²) in [5.41, 5.74) is 0. The summed E-state index contributed by atoms with van der Waals surface area (Å²) in [6.45, 7) is 3.20. The highest BCUT2D eigenvalue weighted by Crippen LogP contribution is 2.14. The van der Waals surface area contributed by atoms with E-state index >= 15 is 0 Å². The molecule has 0 spiro atoms. The number of carbonyl (C=O) groups excluding carboxylic acids is 1. The van der Waals surface area contributed by atoms with Gasteiger partial charge in [0.15, 0.2) is 0 Å². The maximum Gasteiger partial charge on any atom is 0.237 e. The Bertz CT molecular complexity index is 167. The Hall–Kier alpha value is -0.280. The molecule has 2 atom stereocenters. The predicted octanol–water partition coefficient (Wildman–Crippen LogP) is 1.30. The zero-order valence-electron chi connectivity index (χ0n) is 7.88. The third-order valence-electron chi connectivity index (χ3n) is 2.15. The Labute approximate surface area is 83.8 Å². The second-order valence-electron chi connectivity index (χ2n) is 3.33. The fourth-order valence-electron chi connectivity index (χ4n) is 1.37. The lowest BCUT2D eigenvalue weighted by Crippen LogP contribution is -2.31. The van der Waals surface area contributed by atoms with Crippen LogP contribution < -0.4 is 5.32 Å². The summed E-state index contributed by atoms with van der Waals surface area (Å²) in [5, 5.41) is 2.32. The lowest BCUT2D eigenvalue weighted by Gasteiger charge is -2.10. The van der Waals surface area contributed by atoms with Crippen LogP contribution in [0.5, 0.6) is 0 Å². The zero-order valence-corrected chi connectivity index (χ0v) is 8.64. The molecular weight excluding hydrogens is 190 g/mol. The van der Waals surface area contributed by atoms with Crippen molar-refractivity contribution in [3.8, 4) is 0 Å². The van der Waals surface area contributed by atoms with Gasteiger partial charge in [0.2, 0.25) is 5.91 Å². The molecular formula is C9H16ClNO2. The molecule has 0 saturated carbocycles. The third-order valence-corrected chi connectivity index (χ3v) is 2.35. The van der Waals surface area contributed by atoms with Crippen molar-refractivity contribution in [2.45, 2.75) is 37.7 Å². The largest absolute Gasteiger partial charge is 0.378 e. The van der Waals surface area contributed by atoms with E-state index in [2.05, 4.69) is 5.32 Å². The van der Waals surface area contributed by atoms with Crippen LogP contribution in [0.4, 0.5) is 0 Å². The Morgan fingerprint density at radius 2 is 2.54 bits per heavy atom. The average Bonchev–Trinajstić information content (AvgIpc) is 2.56. The van der Waals surface area contributed by atoms with Crippen molar-refractivity contribution in [1.82, 2.24) is 5.32 Å². The molecule has 0 aromatic rings. The van der Waals surface area contributed by atoms with Crippen LogP contribution in [0.3, 0.4) is 0 Å². The van der Waals surface area contributed by atoms with Crippen LogP contribution in [0, 0.1) is 0 Å². The van der Waals surface area contributed by atoms with Gasteiger partial charge in [-0.1, -0.05) is 0 Å². The summed E-state index contributed by atoms with van der Waals surface area (Å²) in [5.74, 6) is -0.0975. The molecule has 1 saturated heterocycles. The van der Waals surface area contributed by atoms with E-state index in [1.54, 1.807) is 6.92 Å². The van der Waals surface area contributed by atoms with Crippen LogP contribution in [0.25, 0.3) is 0 Å². The first-order valence-electron chi connectivity index (χ1n) is 4.73. The molecule has 1 N–H and O–H groups in total. The summed E-state index contributed by atoms with van der Waals surface area (Å²) in [7, 11) is 0. The second kappa shape index (κ2) is 5.45. The second-order valence-corrected chi connectivity index (χ2v) is 3.99. The minimum absolute atomic E-state index is 0.0975. The van der Waals surface area contributed by atoms with Gasteiger partial charge >= 0.3 is 0 Å². The van der Waals surface area contributed by atoms with E-state index in [0.29, 0.717) is 12.6 Å². The SMILES string of the molecule is CC(Cl)C(=O)NCCC1CCCO1. The van der Waals surface area contributed by atoms with Crippen LogP contribution in [0.1, 0.15) is 26.2 Å². The first-order valence-corrected chi connectivity index (χ1v) is 5.17. The molecule has 13 heavy (non-hydrogen) atoms. The van der Waals surface area contributed by atoms with Crippen LogP contribution >= 0.6 is 11.6 Å². The highest BCUT2D eigenvalue weighted by Gasteiger charge is 2.15. The lowest BCUT2D eigenvalue weighted by molar-refractivity contribution is -0.120. The quantitative estimate of drug-likeness (QED) is 0.703. The molecule has 0 radical (unpaired) electrons. The Morgan fingerprint density at radius 1 is 1.77 bits per heavy atom. The molecule has 1 fully saturated rings. The van der Waals surface area contributed by atoms with Crippen molar-refractivity contribution in [3.63, 3.8) is 0 Å². The molecule has 4 heteroatoms. The maximum absolute atomic E-state index is 11.0. The van der Waals surface area contributed by atoms with Gasteiger partial charge in [-0.3, -0.25) is 4.79 Å². The topological polar surface area (TPSA) is 38.3 Å². The fourth-order valence-corrected chi connectivity index (χ4v) is 1.45. The van der Waals surface area contributed by atoms with Crippen molar-refractivity contribution in [3.05, 3.63) is 0 Å². The van der Waals surface area contributed by atoms with Gasteiger partial charge in [-0.05, 0) is 26.2 Å². The maximum atomic E-state index is 11.0. The Kier molecular flexibility index (Phi) is 4.53. The van der Waals surface area contributed by atoms with Gasteiger partial charge in [-0.25, -0.2) is 0 Å². The smallest absolute Gasteiger partial charge is 0.237 e. The van der Waals surface area contributed by atoms with Gasteiger partial charge in [0, 0.05) is 13.2 Å². The van der Waals surface area contributed by atoms with Crippen molar-refractivity contribution in [2.75, 3.05) is 13.2 Å². The Balaban J connectivity index is 2.03. The van der Waals surface area contributed by atoms with E-state index in [1.807, 2.05) is 0 Å². The number of halogens is 1. The molecule has 0 aromatic heterocycles. The fraction of sp³-hybridized carbons (Fsp3) is 0.889. The molecule has 2 unspecified atom stereocenters.